The minimum absolute atomic E-state index is 0.00611. The van der Waals surface area contributed by atoms with Crippen LogP contribution in [0.3, 0.4) is 0 Å². The summed E-state index contributed by atoms with van der Waals surface area (Å²) in [6.45, 7) is 0. The first-order chi connectivity index (χ1) is 19.7. The molecule has 3 amide bonds. The summed E-state index contributed by atoms with van der Waals surface area (Å²) in [5.41, 5.74) is 5.69. The molecule has 1 fully saturated rings. The number of aromatic nitrogens is 6. The third-order valence-electron chi connectivity index (χ3n) is 5.86. The number of hydrogen-bond acceptors (Lipinski definition) is 15. The molecule has 1 saturated heterocycles. The van der Waals surface area contributed by atoms with Crippen molar-refractivity contribution in [3.63, 3.8) is 0 Å². The fraction of sp³-hybridized carbons (Fsp3) is 0.300. The molecule has 21 heteroatoms. The second-order valence-electron chi connectivity index (χ2n) is 8.18. The molecular weight excluding hydrogens is 602 g/mol. The van der Waals surface area contributed by atoms with Crippen molar-refractivity contribution in [1.82, 2.24) is 40.2 Å². The van der Waals surface area contributed by atoms with Gasteiger partial charge in [0.15, 0.2) is 5.71 Å². The van der Waals surface area contributed by atoms with E-state index >= 15 is 0 Å². The zero-order valence-electron chi connectivity index (χ0n) is 21.0. The van der Waals surface area contributed by atoms with E-state index in [0.717, 1.165) is 37.4 Å². The molecule has 41 heavy (non-hydrogen) atoms. The van der Waals surface area contributed by atoms with E-state index in [9.17, 15) is 24.3 Å². The minimum atomic E-state index is -1.31. The van der Waals surface area contributed by atoms with Crippen molar-refractivity contribution >= 4 is 69.9 Å². The molecular formula is C20H19N11O7S3. The molecule has 5 rings (SSSR count). The molecule has 3 aromatic heterocycles. The van der Waals surface area contributed by atoms with Gasteiger partial charge in [-0.1, -0.05) is 16.9 Å². The maximum Gasteiger partial charge on any atom is 0.352 e. The number of carbonyl (C=O) groups excluding carboxylic acids is 3. The third-order valence-corrected chi connectivity index (χ3v) is 8.92. The lowest BCUT2D eigenvalue weighted by Crippen LogP contribution is -2.71. The van der Waals surface area contributed by atoms with Crippen molar-refractivity contribution in [3.8, 4) is 0 Å². The highest BCUT2D eigenvalue weighted by molar-refractivity contribution is 8.01. The molecule has 3 aromatic rings. The molecule has 2 aliphatic rings. The van der Waals surface area contributed by atoms with Gasteiger partial charge >= 0.3 is 5.97 Å². The molecule has 5 N–H and O–H groups in total. The van der Waals surface area contributed by atoms with Gasteiger partial charge in [0.05, 0.1) is 5.56 Å². The number of carboxylic acid groups (broad SMARTS) is 1. The molecule has 0 aromatic carbocycles. The molecule has 5 heterocycles. The van der Waals surface area contributed by atoms with Gasteiger partial charge in [0.2, 0.25) is 10.4 Å². The Kier molecular flexibility index (Phi) is 7.64. The van der Waals surface area contributed by atoms with Crippen molar-refractivity contribution in [2.75, 3.05) is 25.7 Å². The van der Waals surface area contributed by atoms with Crippen molar-refractivity contribution in [2.45, 2.75) is 16.4 Å². The molecule has 214 valence electrons. The number of carbonyl (C=O) groups is 4. The van der Waals surface area contributed by atoms with Crippen LogP contribution >= 0.6 is 34.9 Å². The summed E-state index contributed by atoms with van der Waals surface area (Å²) in [4.78, 5) is 61.3. The number of fused-ring (bicyclic) bond motifs is 2. The molecule has 0 spiro atoms. The Bertz CT molecular complexity index is 1710. The molecule has 0 saturated carbocycles. The van der Waals surface area contributed by atoms with Crippen LogP contribution < -0.4 is 20.7 Å². The Balaban J connectivity index is 1.34. The number of nitrogens with one attached hydrogen (secondary N) is 2. The zero-order chi connectivity index (χ0) is 29.4. The summed E-state index contributed by atoms with van der Waals surface area (Å²) in [6.07, 6.45) is 0. The highest BCUT2D eigenvalue weighted by atomic mass is 32.2. The summed E-state index contributed by atoms with van der Waals surface area (Å²) in [7, 11) is 2.55. The Morgan fingerprint density at radius 1 is 1.37 bits per heavy atom. The SMILES string of the molecule is CON=C(C(=O)N[C@@H]1C(=O)N2C(C(=O)O)=C(CSc3cc(C(N)=O)c4nnnn4n3)CS[C@@H]12)c1csc(=N)n1OC. The average Bonchev–Trinajstić information content (AvgIpc) is 3.57. The number of nitrogens with two attached hydrogens (primary N) is 1. The van der Waals surface area contributed by atoms with Crippen molar-refractivity contribution in [2.24, 2.45) is 10.9 Å². The predicted octanol–water partition coefficient (Wildman–Crippen LogP) is -2.10. The summed E-state index contributed by atoms with van der Waals surface area (Å²) in [5.74, 6) is -3.11. The first-order valence-electron chi connectivity index (χ1n) is 11.3. The number of hydrogen-bond donors (Lipinski definition) is 4. The maximum atomic E-state index is 13.1. The monoisotopic (exact) mass is 621 g/mol. The van der Waals surface area contributed by atoms with Crippen molar-refractivity contribution < 1.29 is 34.0 Å². The number of carboxylic acids is 1. The summed E-state index contributed by atoms with van der Waals surface area (Å²) >= 11 is 3.38. The van der Waals surface area contributed by atoms with Gasteiger partial charge < -0.3 is 25.8 Å². The van der Waals surface area contributed by atoms with Gasteiger partial charge in [0.1, 0.15) is 42.1 Å². The highest BCUT2D eigenvalue weighted by Gasteiger charge is 2.54. The Morgan fingerprint density at radius 2 is 2.15 bits per heavy atom. The van der Waals surface area contributed by atoms with E-state index in [0.29, 0.717) is 10.6 Å². The predicted molar refractivity (Wildman–Crippen MR) is 142 cm³/mol. The van der Waals surface area contributed by atoms with Crippen LogP contribution in [-0.2, 0) is 19.2 Å². The molecule has 0 unspecified atom stereocenters. The molecule has 0 aliphatic carbocycles. The third kappa shape index (κ3) is 4.97. The first-order valence-corrected chi connectivity index (χ1v) is 14.2. The Hall–Kier alpha value is -4.50. The topological polar surface area (TPSA) is 245 Å². The highest BCUT2D eigenvalue weighted by Crippen LogP contribution is 2.41. The number of tetrazole rings is 1. The fourth-order valence-electron chi connectivity index (χ4n) is 4.08. The van der Waals surface area contributed by atoms with Crippen LogP contribution in [0.25, 0.3) is 5.65 Å². The number of amides is 3. The number of thiazole rings is 1. The molecule has 2 aliphatic heterocycles. The van der Waals surface area contributed by atoms with E-state index in [4.69, 9.17) is 20.8 Å². The first kappa shape index (κ1) is 28.0. The van der Waals surface area contributed by atoms with Gasteiger partial charge in [-0.3, -0.25) is 24.7 Å². The molecule has 18 nitrogen and oxygen atoms in total. The quantitative estimate of drug-likeness (QED) is 0.0821. The van der Waals surface area contributed by atoms with Gasteiger partial charge in [-0.05, 0) is 22.1 Å². The second kappa shape index (κ2) is 11.2. The zero-order valence-corrected chi connectivity index (χ0v) is 23.4. The van der Waals surface area contributed by atoms with Crippen LogP contribution in [0.5, 0.6) is 0 Å². The van der Waals surface area contributed by atoms with E-state index in [1.54, 1.807) is 0 Å². The van der Waals surface area contributed by atoms with Crippen LogP contribution in [0.4, 0.5) is 0 Å². The van der Waals surface area contributed by atoms with Crippen LogP contribution in [0, 0.1) is 5.41 Å². The lowest BCUT2D eigenvalue weighted by atomic mass is 10.0. The van der Waals surface area contributed by atoms with Crippen molar-refractivity contribution in [3.05, 3.63) is 38.8 Å². The fourth-order valence-corrected chi connectivity index (χ4v) is 7.16. The summed E-state index contributed by atoms with van der Waals surface area (Å²) in [6, 6.07) is 0.368. The lowest BCUT2D eigenvalue weighted by molar-refractivity contribution is -0.150. The normalized spacial score (nSPS) is 18.6. The van der Waals surface area contributed by atoms with Crippen LogP contribution in [0.2, 0.25) is 0 Å². The van der Waals surface area contributed by atoms with Gasteiger partial charge in [-0.2, -0.15) is 4.73 Å². The number of thioether (sulfide) groups is 2. The molecule has 2 atom stereocenters. The van der Waals surface area contributed by atoms with E-state index in [2.05, 4.69) is 31.1 Å². The number of β-lactam (4-membered cyclic amide) rings is 1. The van der Waals surface area contributed by atoms with Gasteiger partial charge in [-0.25, -0.2) is 4.79 Å². The second-order valence-corrected chi connectivity index (χ2v) is 11.1. The standard InChI is InChI=1S/C20H19N11O7S3/c1-37-26-11(9-6-41-20(22)30(9)38-2)16(33)23-12-17(34)29-13(19(35)36)7(5-40-18(12)29)4-39-10-3-8(14(21)32)15-24-27-28-31(15)25-10/h3,6,12,18,22H,4-5H2,1-2H3,(H2,21,32)(H,23,33)(H,35,36)/t12-,18+/m1/s1. The van der Waals surface area contributed by atoms with Crippen LogP contribution in [-0.4, -0.2) is 107 Å². The molecule has 0 bridgehead atoms. The van der Waals surface area contributed by atoms with E-state index in [1.165, 1.54) is 37.4 Å². The summed E-state index contributed by atoms with van der Waals surface area (Å²) in [5, 5.41) is 40.4. The minimum Gasteiger partial charge on any atom is -0.477 e. The van der Waals surface area contributed by atoms with E-state index in [-0.39, 0.29) is 44.6 Å². The number of rotatable bonds is 10. The number of primary amides is 1. The average molecular weight is 622 g/mol. The Labute approximate surface area is 241 Å². The van der Waals surface area contributed by atoms with Crippen LogP contribution in [0.1, 0.15) is 16.1 Å². The smallest absolute Gasteiger partial charge is 0.352 e. The van der Waals surface area contributed by atoms with Gasteiger partial charge in [0, 0.05) is 16.9 Å². The van der Waals surface area contributed by atoms with Crippen LogP contribution in [0.15, 0.2) is 32.9 Å². The number of oxime groups is 1. The van der Waals surface area contributed by atoms with Gasteiger partial charge in [-0.15, -0.1) is 37.9 Å². The number of nitrogens with zero attached hydrogens (tertiary/aromatic N) is 8. The lowest BCUT2D eigenvalue weighted by Gasteiger charge is -2.49. The molecule has 0 radical (unpaired) electrons. The van der Waals surface area contributed by atoms with E-state index in [1.807, 2.05) is 0 Å². The maximum absolute atomic E-state index is 13.1. The van der Waals surface area contributed by atoms with Crippen molar-refractivity contribution in [1.29, 1.82) is 5.41 Å². The largest absolute Gasteiger partial charge is 0.477 e. The van der Waals surface area contributed by atoms with Gasteiger partial charge in [0.25, 0.3) is 17.7 Å². The number of aliphatic carboxylic acids is 1. The summed E-state index contributed by atoms with van der Waals surface area (Å²) < 4.78 is 2.11. The van der Waals surface area contributed by atoms with E-state index < -0.39 is 35.1 Å². The Morgan fingerprint density at radius 3 is 2.83 bits per heavy atom.